The zero-order valence-electron chi connectivity index (χ0n) is 20.3. The standard InChI is InChI=1S/C29H26F3N3O2/c1-18(22-11-7-12-23(15-22)28(37)21-9-4-3-5-10-21)19(2)27(36)25-16-26(29(30,31)32)34-35(25)24-13-6-8-20(14-24)17-33/h3-16,18-19,26,28,34,37H,1-2H3. The molecule has 3 aromatic carbocycles. The summed E-state index contributed by atoms with van der Waals surface area (Å²) in [5.41, 5.74) is 4.92. The molecule has 1 heterocycles. The molecule has 0 spiro atoms. The zero-order valence-corrected chi connectivity index (χ0v) is 20.3. The van der Waals surface area contributed by atoms with E-state index in [0.29, 0.717) is 5.56 Å². The number of carbonyl (C=O) groups is 1. The lowest BCUT2D eigenvalue weighted by Gasteiger charge is -2.27. The number of hydrogen-bond acceptors (Lipinski definition) is 5. The number of allylic oxidation sites excluding steroid dienone is 1. The summed E-state index contributed by atoms with van der Waals surface area (Å²) in [5, 5.41) is 21.1. The number of nitrogens with one attached hydrogen (secondary N) is 1. The van der Waals surface area contributed by atoms with Crippen LogP contribution in [-0.4, -0.2) is 23.1 Å². The molecule has 5 nitrogen and oxygen atoms in total. The number of aliphatic hydroxyl groups is 1. The van der Waals surface area contributed by atoms with Gasteiger partial charge in [-0.3, -0.25) is 9.80 Å². The van der Waals surface area contributed by atoms with Gasteiger partial charge in [0.05, 0.1) is 23.0 Å². The second-order valence-corrected chi connectivity index (χ2v) is 9.12. The van der Waals surface area contributed by atoms with Gasteiger partial charge in [0.1, 0.15) is 12.1 Å². The van der Waals surface area contributed by atoms with Crippen molar-refractivity contribution in [3.8, 4) is 6.07 Å². The molecule has 0 bridgehead atoms. The summed E-state index contributed by atoms with van der Waals surface area (Å²) in [6, 6.07) is 22.4. The van der Waals surface area contributed by atoms with Crippen LogP contribution in [0.25, 0.3) is 0 Å². The second-order valence-electron chi connectivity index (χ2n) is 9.12. The average molecular weight is 506 g/mol. The summed E-state index contributed by atoms with van der Waals surface area (Å²) in [6.45, 7) is 3.51. The molecule has 3 aromatic rings. The van der Waals surface area contributed by atoms with E-state index < -0.39 is 30.0 Å². The Bertz CT molecular complexity index is 1350. The van der Waals surface area contributed by atoms with Crippen LogP contribution < -0.4 is 10.4 Å². The van der Waals surface area contributed by atoms with Crippen LogP contribution in [0.15, 0.2) is 90.6 Å². The van der Waals surface area contributed by atoms with Crippen LogP contribution in [0.1, 0.15) is 48.1 Å². The van der Waals surface area contributed by atoms with Gasteiger partial charge in [0.2, 0.25) is 0 Å². The molecule has 4 unspecified atom stereocenters. The molecule has 4 atom stereocenters. The number of ketones is 1. The minimum absolute atomic E-state index is 0.128. The van der Waals surface area contributed by atoms with E-state index >= 15 is 0 Å². The highest BCUT2D eigenvalue weighted by molar-refractivity contribution is 6.01. The fourth-order valence-electron chi connectivity index (χ4n) is 4.36. The quantitative estimate of drug-likeness (QED) is 0.425. The van der Waals surface area contributed by atoms with Gasteiger partial charge in [-0.05, 0) is 46.9 Å². The Kier molecular flexibility index (Phi) is 7.48. The number of anilines is 1. The molecule has 0 aliphatic carbocycles. The van der Waals surface area contributed by atoms with E-state index in [1.807, 2.05) is 55.5 Å². The number of hydrazine groups is 1. The third kappa shape index (κ3) is 5.58. The predicted molar refractivity (Wildman–Crippen MR) is 134 cm³/mol. The van der Waals surface area contributed by atoms with Crippen molar-refractivity contribution >= 4 is 11.5 Å². The highest BCUT2D eigenvalue weighted by Gasteiger charge is 2.45. The maximum atomic E-state index is 13.6. The number of rotatable bonds is 7. The summed E-state index contributed by atoms with van der Waals surface area (Å²) in [6.07, 6.45) is -4.57. The summed E-state index contributed by atoms with van der Waals surface area (Å²) < 4.78 is 40.8. The largest absolute Gasteiger partial charge is 0.409 e. The van der Waals surface area contributed by atoms with Crippen LogP contribution in [0.5, 0.6) is 0 Å². The Morgan fingerprint density at radius 1 is 0.973 bits per heavy atom. The van der Waals surface area contributed by atoms with Crippen molar-refractivity contribution < 1.29 is 23.1 Å². The van der Waals surface area contributed by atoms with Crippen LogP contribution in [-0.2, 0) is 4.79 Å². The number of hydrogen-bond donors (Lipinski definition) is 2. The number of Topliss-reactive ketones (excluding diaryl/α,β-unsaturated/α-hetero) is 1. The number of alkyl halides is 3. The van der Waals surface area contributed by atoms with Gasteiger partial charge in [0.15, 0.2) is 5.78 Å². The Morgan fingerprint density at radius 2 is 1.62 bits per heavy atom. The molecule has 4 rings (SSSR count). The number of aliphatic hydroxyl groups excluding tert-OH is 1. The van der Waals surface area contributed by atoms with Gasteiger partial charge in [-0.15, -0.1) is 0 Å². The average Bonchev–Trinajstić information content (AvgIpc) is 3.38. The van der Waals surface area contributed by atoms with E-state index in [1.54, 1.807) is 25.1 Å². The predicted octanol–water partition coefficient (Wildman–Crippen LogP) is 5.79. The van der Waals surface area contributed by atoms with Gasteiger partial charge in [-0.2, -0.15) is 18.4 Å². The van der Waals surface area contributed by atoms with Crippen LogP contribution in [0.4, 0.5) is 18.9 Å². The molecule has 0 saturated carbocycles. The SMILES string of the molecule is CC(C(=O)C1=CC(C(F)(F)F)NN1c1cccc(C#N)c1)C(C)c1cccc(C(O)c2ccccc2)c1. The fourth-order valence-corrected chi connectivity index (χ4v) is 4.36. The van der Waals surface area contributed by atoms with E-state index in [9.17, 15) is 28.3 Å². The Hall–Kier alpha value is -3.93. The van der Waals surface area contributed by atoms with E-state index in [1.165, 1.54) is 18.2 Å². The van der Waals surface area contributed by atoms with Crippen molar-refractivity contribution in [3.63, 3.8) is 0 Å². The molecule has 2 N–H and O–H groups in total. The number of carbonyl (C=O) groups excluding carboxylic acids is 1. The zero-order chi connectivity index (χ0) is 26.7. The van der Waals surface area contributed by atoms with Crippen molar-refractivity contribution in [2.75, 3.05) is 5.01 Å². The van der Waals surface area contributed by atoms with Gasteiger partial charge in [0.25, 0.3) is 0 Å². The highest BCUT2D eigenvalue weighted by Crippen LogP contribution is 2.35. The molecule has 0 amide bonds. The van der Waals surface area contributed by atoms with E-state index in [-0.39, 0.29) is 22.9 Å². The summed E-state index contributed by atoms with van der Waals surface area (Å²) >= 11 is 0. The molecule has 0 fully saturated rings. The summed E-state index contributed by atoms with van der Waals surface area (Å²) in [5.74, 6) is -1.50. The van der Waals surface area contributed by atoms with Gasteiger partial charge in [-0.1, -0.05) is 74.5 Å². The first-order valence-electron chi connectivity index (χ1n) is 11.8. The van der Waals surface area contributed by atoms with Crippen molar-refractivity contribution in [2.24, 2.45) is 5.92 Å². The minimum Gasteiger partial charge on any atom is -0.384 e. The maximum absolute atomic E-state index is 13.6. The molecular formula is C29H26F3N3O2. The van der Waals surface area contributed by atoms with Crippen LogP contribution >= 0.6 is 0 Å². The Balaban J connectivity index is 1.62. The normalized spacial score (nSPS) is 18.0. The second kappa shape index (κ2) is 10.6. The molecule has 8 heteroatoms. The third-order valence-electron chi connectivity index (χ3n) is 6.70. The lowest BCUT2D eigenvalue weighted by molar-refractivity contribution is -0.142. The van der Waals surface area contributed by atoms with Crippen molar-refractivity contribution in [1.29, 1.82) is 5.26 Å². The Morgan fingerprint density at radius 3 is 2.30 bits per heavy atom. The van der Waals surface area contributed by atoms with Gasteiger partial charge < -0.3 is 5.11 Å². The molecule has 1 aliphatic rings. The van der Waals surface area contributed by atoms with Crippen molar-refractivity contribution in [3.05, 3.63) is 113 Å². The van der Waals surface area contributed by atoms with E-state index in [0.717, 1.165) is 22.2 Å². The molecule has 190 valence electrons. The molecule has 0 radical (unpaired) electrons. The first-order chi connectivity index (χ1) is 17.6. The lowest BCUT2D eigenvalue weighted by Crippen LogP contribution is -2.45. The highest BCUT2D eigenvalue weighted by atomic mass is 19.4. The fraction of sp³-hybridized carbons (Fsp3) is 0.241. The third-order valence-corrected chi connectivity index (χ3v) is 6.70. The smallest absolute Gasteiger partial charge is 0.384 e. The van der Waals surface area contributed by atoms with Crippen molar-refractivity contribution in [2.45, 2.75) is 38.1 Å². The first kappa shape index (κ1) is 26.1. The molecule has 1 aliphatic heterocycles. The maximum Gasteiger partial charge on any atom is 0.409 e. The molecule has 37 heavy (non-hydrogen) atoms. The van der Waals surface area contributed by atoms with E-state index in [2.05, 4.69) is 5.43 Å². The summed E-state index contributed by atoms with van der Waals surface area (Å²) in [4.78, 5) is 13.6. The van der Waals surface area contributed by atoms with E-state index in [4.69, 9.17) is 0 Å². The van der Waals surface area contributed by atoms with Crippen LogP contribution in [0.2, 0.25) is 0 Å². The van der Waals surface area contributed by atoms with Gasteiger partial charge in [0, 0.05) is 5.92 Å². The van der Waals surface area contributed by atoms with Crippen LogP contribution in [0.3, 0.4) is 0 Å². The molecular weight excluding hydrogens is 479 g/mol. The monoisotopic (exact) mass is 505 g/mol. The minimum atomic E-state index is -4.61. The lowest BCUT2D eigenvalue weighted by atomic mass is 9.83. The number of nitriles is 1. The topological polar surface area (TPSA) is 76.4 Å². The first-order valence-corrected chi connectivity index (χ1v) is 11.8. The Labute approximate surface area is 213 Å². The molecule has 0 aromatic heterocycles. The number of halogens is 3. The van der Waals surface area contributed by atoms with Gasteiger partial charge >= 0.3 is 6.18 Å². The number of benzene rings is 3. The van der Waals surface area contributed by atoms with Crippen molar-refractivity contribution in [1.82, 2.24) is 5.43 Å². The molecule has 0 saturated heterocycles. The summed E-state index contributed by atoms with van der Waals surface area (Å²) in [7, 11) is 0. The van der Waals surface area contributed by atoms with Crippen LogP contribution in [0, 0.1) is 17.2 Å². The number of nitrogens with zero attached hydrogens (tertiary/aromatic N) is 2. The van der Waals surface area contributed by atoms with Gasteiger partial charge in [-0.25, -0.2) is 5.43 Å².